The molecule has 5 aromatic rings. The first-order valence-corrected chi connectivity index (χ1v) is 13.2. The SMILES string of the molecule is CC(C)(Cc1ccco1)C1C(=O)Nc2ccc(-c3cncc(OC[C@@H](N)Cc4c[nH]c5ccccc45)c3)cc21. The van der Waals surface area contributed by atoms with Crippen LogP contribution in [0.4, 0.5) is 5.69 Å². The Hall–Kier alpha value is -4.36. The topological polar surface area (TPSA) is 106 Å². The van der Waals surface area contributed by atoms with Crippen molar-refractivity contribution in [1.29, 1.82) is 0 Å². The van der Waals surface area contributed by atoms with E-state index in [1.165, 1.54) is 10.9 Å². The van der Waals surface area contributed by atoms with Crippen molar-refractivity contribution >= 4 is 22.5 Å². The minimum atomic E-state index is -0.337. The van der Waals surface area contributed by atoms with Crippen LogP contribution in [0.1, 0.15) is 36.7 Å². The van der Waals surface area contributed by atoms with E-state index in [1.807, 2.05) is 54.9 Å². The summed E-state index contributed by atoms with van der Waals surface area (Å²) in [4.78, 5) is 20.8. The predicted molar refractivity (Wildman–Crippen MR) is 153 cm³/mol. The average Bonchev–Trinajstić information content (AvgIpc) is 3.66. The number of furan rings is 1. The number of aromatic amines is 1. The number of benzene rings is 2. The normalized spacial score (nSPS) is 15.8. The van der Waals surface area contributed by atoms with Gasteiger partial charge in [0.05, 0.1) is 18.4 Å². The molecular weight excluding hydrogens is 488 g/mol. The Morgan fingerprint density at radius 3 is 2.79 bits per heavy atom. The predicted octanol–water partition coefficient (Wildman–Crippen LogP) is 6.08. The third kappa shape index (κ3) is 5.05. The van der Waals surface area contributed by atoms with Crippen LogP contribution >= 0.6 is 0 Å². The first kappa shape index (κ1) is 24.9. The number of amides is 1. The van der Waals surface area contributed by atoms with Crippen LogP contribution in [0.3, 0.4) is 0 Å². The van der Waals surface area contributed by atoms with Gasteiger partial charge in [0, 0.05) is 47.0 Å². The highest BCUT2D eigenvalue weighted by molar-refractivity contribution is 6.04. The standard InChI is InChI=1S/C32H32N4O3/c1-32(2,15-24-6-5-11-38-24)30-27-14-20(9-10-29(27)36-31(30)37)21-13-25(18-34-16-21)39-19-23(33)12-22-17-35-28-8-4-3-7-26(22)28/h3-11,13-14,16-18,23,30,35H,12,15,19,33H2,1-2H3,(H,36,37)/t23-,30?/m0/s1. The number of anilines is 1. The van der Waals surface area contributed by atoms with E-state index < -0.39 is 0 Å². The fraction of sp³-hybridized carbons (Fsp3) is 0.250. The van der Waals surface area contributed by atoms with Crippen molar-refractivity contribution in [1.82, 2.24) is 9.97 Å². The molecule has 1 aliphatic rings. The second kappa shape index (κ2) is 10.1. The molecule has 2 aromatic carbocycles. The zero-order valence-corrected chi connectivity index (χ0v) is 22.1. The molecule has 0 radical (unpaired) electrons. The molecule has 0 spiro atoms. The molecule has 0 saturated carbocycles. The first-order valence-electron chi connectivity index (χ1n) is 13.2. The van der Waals surface area contributed by atoms with Gasteiger partial charge in [-0.2, -0.15) is 0 Å². The number of hydrogen-bond donors (Lipinski definition) is 3. The van der Waals surface area contributed by atoms with E-state index in [2.05, 4.69) is 47.3 Å². The second-order valence-electron chi connectivity index (χ2n) is 11.0. The van der Waals surface area contributed by atoms with Gasteiger partial charge in [-0.15, -0.1) is 0 Å². The Balaban J connectivity index is 1.17. The molecule has 198 valence electrons. The molecule has 2 atom stereocenters. The molecule has 3 aromatic heterocycles. The van der Waals surface area contributed by atoms with Gasteiger partial charge in [-0.3, -0.25) is 9.78 Å². The molecule has 1 amide bonds. The van der Waals surface area contributed by atoms with Crippen LogP contribution in [-0.2, 0) is 17.6 Å². The van der Waals surface area contributed by atoms with Crippen molar-refractivity contribution in [3.05, 3.63) is 102 Å². The van der Waals surface area contributed by atoms with Gasteiger partial charge in [0.2, 0.25) is 5.91 Å². The highest BCUT2D eigenvalue weighted by atomic mass is 16.5. The largest absolute Gasteiger partial charge is 0.490 e. The van der Waals surface area contributed by atoms with E-state index in [9.17, 15) is 4.79 Å². The van der Waals surface area contributed by atoms with E-state index >= 15 is 0 Å². The lowest BCUT2D eigenvalue weighted by Gasteiger charge is -2.29. The lowest BCUT2D eigenvalue weighted by Crippen LogP contribution is -2.30. The van der Waals surface area contributed by atoms with Crippen molar-refractivity contribution in [2.24, 2.45) is 11.1 Å². The number of para-hydroxylation sites is 1. The lowest BCUT2D eigenvalue weighted by atomic mass is 9.72. The number of hydrogen-bond acceptors (Lipinski definition) is 5. The highest BCUT2D eigenvalue weighted by Gasteiger charge is 2.42. The number of rotatable bonds is 9. The summed E-state index contributed by atoms with van der Waals surface area (Å²) < 4.78 is 11.6. The molecule has 4 N–H and O–H groups in total. The summed E-state index contributed by atoms with van der Waals surface area (Å²) in [5.41, 5.74) is 12.1. The molecule has 0 fully saturated rings. The Bertz CT molecular complexity index is 1620. The maximum atomic E-state index is 13.1. The summed E-state index contributed by atoms with van der Waals surface area (Å²) in [6, 6.07) is 19.9. The Labute approximate surface area is 227 Å². The van der Waals surface area contributed by atoms with Crippen molar-refractivity contribution in [3.63, 3.8) is 0 Å². The summed E-state index contributed by atoms with van der Waals surface area (Å²) in [6.45, 7) is 4.59. The van der Waals surface area contributed by atoms with Crippen LogP contribution in [0.15, 0.2) is 89.9 Å². The number of nitrogens with two attached hydrogens (primary N) is 1. The van der Waals surface area contributed by atoms with E-state index in [4.69, 9.17) is 14.9 Å². The molecular formula is C32H32N4O3. The van der Waals surface area contributed by atoms with E-state index in [0.717, 1.165) is 33.7 Å². The number of nitrogens with zero attached hydrogens (tertiary/aromatic N) is 1. The van der Waals surface area contributed by atoms with Crippen LogP contribution in [0.25, 0.3) is 22.0 Å². The summed E-state index contributed by atoms with van der Waals surface area (Å²) in [5, 5.41) is 4.25. The number of aromatic nitrogens is 2. The number of nitrogens with one attached hydrogen (secondary N) is 2. The van der Waals surface area contributed by atoms with Gasteiger partial charge in [0.15, 0.2) is 0 Å². The zero-order valence-electron chi connectivity index (χ0n) is 22.1. The third-order valence-corrected chi connectivity index (χ3v) is 7.54. The van der Waals surface area contributed by atoms with Gasteiger partial charge in [-0.05, 0) is 64.9 Å². The van der Waals surface area contributed by atoms with Gasteiger partial charge in [0.1, 0.15) is 18.1 Å². The smallest absolute Gasteiger partial charge is 0.232 e. The number of H-pyrrole nitrogens is 1. The third-order valence-electron chi connectivity index (χ3n) is 7.54. The van der Waals surface area contributed by atoms with Crippen LogP contribution in [0.5, 0.6) is 5.75 Å². The molecule has 0 bridgehead atoms. The summed E-state index contributed by atoms with van der Waals surface area (Å²) in [7, 11) is 0. The number of carbonyl (C=O) groups is 1. The van der Waals surface area contributed by atoms with Crippen molar-refractivity contribution in [2.75, 3.05) is 11.9 Å². The van der Waals surface area contributed by atoms with Crippen molar-refractivity contribution < 1.29 is 13.9 Å². The minimum absolute atomic E-state index is 0.0121. The molecule has 4 heterocycles. The van der Waals surface area contributed by atoms with Gasteiger partial charge in [0.25, 0.3) is 0 Å². The molecule has 1 unspecified atom stereocenters. The Morgan fingerprint density at radius 2 is 1.95 bits per heavy atom. The van der Waals surface area contributed by atoms with Gasteiger partial charge < -0.3 is 25.2 Å². The molecule has 7 heteroatoms. The molecule has 1 aliphatic heterocycles. The average molecular weight is 521 g/mol. The van der Waals surface area contributed by atoms with E-state index in [-0.39, 0.29) is 23.3 Å². The monoisotopic (exact) mass is 520 g/mol. The first-order chi connectivity index (χ1) is 18.9. The van der Waals surface area contributed by atoms with Gasteiger partial charge >= 0.3 is 0 Å². The number of carbonyl (C=O) groups excluding carboxylic acids is 1. The number of pyridine rings is 1. The van der Waals surface area contributed by atoms with Crippen molar-refractivity contribution in [2.45, 2.75) is 38.6 Å². The summed E-state index contributed by atoms with van der Waals surface area (Å²) >= 11 is 0. The lowest BCUT2D eigenvalue weighted by molar-refractivity contribution is -0.119. The van der Waals surface area contributed by atoms with Crippen LogP contribution < -0.4 is 15.8 Å². The molecule has 39 heavy (non-hydrogen) atoms. The highest BCUT2D eigenvalue weighted by Crippen LogP contribution is 2.47. The van der Waals surface area contributed by atoms with E-state index in [1.54, 1.807) is 12.5 Å². The summed E-state index contributed by atoms with van der Waals surface area (Å²) in [6.07, 6.45) is 8.57. The quantitative estimate of drug-likeness (QED) is 0.219. The maximum Gasteiger partial charge on any atom is 0.232 e. The second-order valence-corrected chi connectivity index (χ2v) is 11.0. The maximum absolute atomic E-state index is 13.1. The summed E-state index contributed by atoms with van der Waals surface area (Å²) in [5.74, 6) is 1.24. The van der Waals surface area contributed by atoms with Gasteiger partial charge in [-0.1, -0.05) is 38.1 Å². The van der Waals surface area contributed by atoms with Crippen molar-refractivity contribution in [3.8, 4) is 16.9 Å². The number of ether oxygens (including phenoxy) is 1. The van der Waals surface area contributed by atoms with Gasteiger partial charge in [-0.25, -0.2) is 0 Å². The Morgan fingerprint density at radius 1 is 1.08 bits per heavy atom. The van der Waals surface area contributed by atoms with Crippen LogP contribution in [0.2, 0.25) is 0 Å². The molecule has 0 aliphatic carbocycles. The fourth-order valence-corrected chi connectivity index (χ4v) is 5.68. The number of fused-ring (bicyclic) bond motifs is 2. The molecule has 6 rings (SSSR count). The minimum Gasteiger partial charge on any atom is -0.490 e. The molecule has 0 saturated heterocycles. The molecule has 7 nitrogen and oxygen atoms in total. The fourth-order valence-electron chi connectivity index (χ4n) is 5.68. The van der Waals surface area contributed by atoms with Crippen LogP contribution in [0, 0.1) is 5.41 Å². The Kier molecular flexibility index (Phi) is 6.45. The van der Waals surface area contributed by atoms with E-state index in [0.29, 0.717) is 25.2 Å². The zero-order chi connectivity index (χ0) is 27.0. The van der Waals surface area contributed by atoms with Crippen LogP contribution in [-0.4, -0.2) is 28.5 Å².